The van der Waals surface area contributed by atoms with Crippen LogP contribution in [0, 0.1) is 0 Å². The van der Waals surface area contributed by atoms with Gasteiger partial charge in [-0.15, -0.1) is 11.6 Å². The molecule has 0 aliphatic heterocycles. The molecule has 4 heteroatoms. The van der Waals surface area contributed by atoms with E-state index in [0.717, 1.165) is 19.3 Å². The minimum absolute atomic E-state index is 0.252. The maximum absolute atomic E-state index is 10.5. The molecule has 2 nitrogen and oxygen atoms in total. The third-order valence-corrected chi connectivity index (χ3v) is 2.68. The average Bonchev–Trinajstić information content (AvgIpc) is 1.97. The lowest BCUT2D eigenvalue weighted by Crippen LogP contribution is -2.15. The van der Waals surface area contributed by atoms with E-state index in [0.29, 0.717) is 5.88 Å². The molecule has 1 atom stereocenters. The van der Waals surface area contributed by atoms with Crippen LogP contribution in [0.2, 0.25) is 0 Å². The Morgan fingerprint density at radius 1 is 1.64 bits per heavy atom. The van der Waals surface area contributed by atoms with Crippen LogP contribution in [0.3, 0.4) is 0 Å². The Kier molecular flexibility index (Phi) is 6.87. The summed E-state index contributed by atoms with van der Waals surface area (Å²) in [5, 5.41) is 8.37. The molecule has 1 N–H and O–H groups in total. The third-order valence-electron chi connectivity index (χ3n) is 1.41. The lowest BCUT2D eigenvalue weighted by Gasteiger charge is -2.07. The molecule has 0 aliphatic carbocycles. The summed E-state index contributed by atoms with van der Waals surface area (Å²) in [6.07, 6.45) is 4.36. The molecule has 0 radical (unpaired) electrons. The monoisotopic (exact) mass is 196 g/mol. The Balaban J connectivity index is 3.44. The number of rotatable bonds is 6. The summed E-state index contributed by atoms with van der Waals surface area (Å²) in [5.41, 5.74) is 0. The first-order valence-corrected chi connectivity index (χ1v) is 5.36. The summed E-state index contributed by atoms with van der Waals surface area (Å²) in [6.45, 7) is 0. The maximum atomic E-state index is 10.5. The molecule has 1 unspecified atom stereocenters. The van der Waals surface area contributed by atoms with Crippen molar-refractivity contribution in [3.8, 4) is 0 Å². The smallest absolute Gasteiger partial charge is 0.316 e. The van der Waals surface area contributed by atoms with Crippen molar-refractivity contribution < 1.29 is 9.90 Å². The Morgan fingerprint density at radius 2 is 2.27 bits per heavy atom. The number of carboxylic acids is 1. The molecule has 0 rings (SSSR count). The molecule has 0 amide bonds. The van der Waals surface area contributed by atoms with Crippen molar-refractivity contribution in [2.75, 3.05) is 12.1 Å². The van der Waals surface area contributed by atoms with Crippen LogP contribution >= 0.6 is 23.4 Å². The molecule has 0 saturated heterocycles. The van der Waals surface area contributed by atoms with Crippen LogP contribution in [0.1, 0.15) is 19.3 Å². The number of hydrogen-bond acceptors (Lipinski definition) is 2. The molecule has 0 heterocycles. The predicted octanol–water partition coefficient (Wildman–Crippen LogP) is 2.21. The highest BCUT2D eigenvalue weighted by molar-refractivity contribution is 7.99. The summed E-state index contributed by atoms with van der Waals surface area (Å²) in [7, 11) is 0. The number of carboxylic acid groups (broad SMARTS) is 1. The molecular formula is C7H13ClO2S. The van der Waals surface area contributed by atoms with Gasteiger partial charge in [0.05, 0.1) is 0 Å². The van der Waals surface area contributed by atoms with Gasteiger partial charge in [0, 0.05) is 5.88 Å². The molecule has 0 spiro atoms. The van der Waals surface area contributed by atoms with Crippen molar-refractivity contribution in [1.29, 1.82) is 0 Å². The first kappa shape index (κ1) is 11.1. The lowest BCUT2D eigenvalue weighted by molar-refractivity contribution is -0.136. The van der Waals surface area contributed by atoms with Gasteiger partial charge in [0.25, 0.3) is 0 Å². The summed E-state index contributed by atoms with van der Waals surface area (Å²) in [4.78, 5) is 10.5. The molecule has 0 aliphatic rings. The summed E-state index contributed by atoms with van der Waals surface area (Å²) in [5.74, 6) is -0.0900. The van der Waals surface area contributed by atoms with E-state index >= 15 is 0 Å². The van der Waals surface area contributed by atoms with Gasteiger partial charge >= 0.3 is 5.97 Å². The number of aliphatic carboxylic acids is 1. The van der Waals surface area contributed by atoms with Crippen LogP contribution in [0.25, 0.3) is 0 Å². The summed E-state index contributed by atoms with van der Waals surface area (Å²) < 4.78 is 0. The molecular weight excluding hydrogens is 184 g/mol. The summed E-state index contributed by atoms with van der Waals surface area (Å²) in [6, 6.07) is 0. The van der Waals surface area contributed by atoms with Crippen molar-refractivity contribution in [3.63, 3.8) is 0 Å². The largest absolute Gasteiger partial charge is 0.480 e. The van der Waals surface area contributed by atoms with E-state index in [1.54, 1.807) is 0 Å². The number of carbonyl (C=O) groups is 1. The molecule has 0 bridgehead atoms. The number of halogens is 1. The average molecular weight is 197 g/mol. The second kappa shape index (κ2) is 6.80. The molecule has 0 aromatic rings. The zero-order valence-electron chi connectivity index (χ0n) is 6.55. The van der Waals surface area contributed by atoms with Gasteiger partial charge in [0.2, 0.25) is 0 Å². The van der Waals surface area contributed by atoms with E-state index in [2.05, 4.69) is 0 Å². The lowest BCUT2D eigenvalue weighted by atomic mass is 10.2. The highest BCUT2D eigenvalue weighted by atomic mass is 35.5. The van der Waals surface area contributed by atoms with Crippen LogP contribution < -0.4 is 0 Å². The van der Waals surface area contributed by atoms with Crippen LogP contribution in [-0.4, -0.2) is 28.5 Å². The molecule has 0 aromatic heterocycles. The van der Waals surface area contributed by atoms with Gasteiger partial charge in [0.1, 0.15) is 5.25 Å². The molecule has 0 aromatic carbocycles. The second-order valence-corrected chi connectivity index (χ2v) is 3.67. The number of alkyl halides is 1. The highest BCUT2D eigenvalue weighted by Gasteiger charge is 2.14. The van der Waals surface area contributed by atoms with Gasteiger partial charge in [0.15, 0.2) is 0 Å². The van der Waals surface area contributed by atoms with E-state index in [-0.39, 0.29) is 5.25 Å². The first-order valence-electron chi connectivity index (χ1n) is 3.54. The fraction of sp³-hybridized carbons (Fsp3) is 0.857. The maximum Gasteiger partial charge on any atom is 0.316 e. The van der Waals surface area contributed by atoms with Crippen molar-refractivity contribution >= 4 is 29.3 Å². The van der Waals surface area contributed by atoms with Gasteiger partial charge in [-0.25, -0.2) is 0 Å². The van der Waals surface area contributed by atoms with Gasteiger partial charge < -0.3 is 5.11 Å². The van der Waals surface area contributed by atoms with E-state index in [4.69, 9.17) is 16.7 Å². The highest BCUT2D eigenvalue weighted by Crippen LogP contribution is 2.14. The normalized spacial score (nSPS) is 12.9. The number of thioether (sulfide) groups is 1. The van der Waals surface area contributed by atoms with Crippen LogP contribution in [0.5, 0.6) is 0 Å². The number of hydrogen-bond donors (Lipinski definition) is 1. The Bertz CT molecular complexity index is 119. The summed E-state index contributed by atoms with van der Waals surface area (Å²) >= 11 is 6.84. The third kappa shape index (κ3) is 5.39. The number of unbranched alkanes of at least 4 members (excludes halogenated alkanes) is 1. The quantitative estimate of drug-likeness (QED) is 0.523. The van der Waals surface area contributed by atoms with E-state index in [1.165, 1.54) is 11.8 Å². The van der Waals surface area contributed by atoms with Crippen LogP contribution in [0.4, 0.5) is 0 Å². The van der Waals surface area contributed by atoms with Gasteiger partial charge in [-0.3, -0.25) is 4.79 Å². The fourth-order valence-corrected chi connectivity index (χ4v) is 1.56. The van der Waals surface area contributed by atoms with Crippen molar-refractivity contribution in [1.82, 2.24) is 0 Å². The Morgan fingerprint density at radius 3 is 2.64 bits per heavy atom. The minimum Gasteiger partial charge on any atom is -0.480 e. The Hall–Kier alpha value is 0.110. The van der Waals surface area contributed by atoms with Gasteiger partial charge in [-0.1, -0.05) is 6.42 Å². The fourth-order valence-electron chi connectivity index (χ4n) is 0.766. The zero-order chi connectivity index (χ0) is 8.69. The standard InChI is InChI=1S/C7H13ClO2S/c1-11-6(7(9)10)4-2-3-5-8/h6H,2-5H2,1H3,(H,9,10). The van der Waals surface area contributed by atoms with E-state index in [1.807, 2.05) is 6.26 Å². The van der Waals surface area contributed by atoms with Gasteiger partial charge in [-0.2, -0.15) is 11.8 Å². The molecule has 0 saturated carbocycles. The minimum atomic E-state index is -0.716. The van der Waals surface area contributed by atoms with Crippen LogP contribution in [-0.2, 0) is 4.79 Å². The zero-order valence-corrected chi connectivity index (χ0v) is 8.12. The van der Waals surface area contributed by atoms with E-state index in [9.17, 15) is 4.79 Å². The van der Waals surface area contributed by atoms with Crippen molar-refractivity contribution in [2.45, 2.75) is 24.5 Å². The first-order chi connectivity index (χ1) is 5.22. The predicted molar refractivity (Wildman–Crippen MR) is 49.5 cm³/mol. The second-order valence-electron chi connectivity index (χ2n) is 2.25. The molecule has 11 heavy (non-hydrogen) atoms. The Labute approximate surface area is 76.3 Å². The van der Waals surface area contributed by atoms with Gasteiger partial charge in [-0.05, 0) is 19.1 Å². The molecule has 0 fully saturated rings. The SMILES string of the molecule is CSC(CCCCCl)C(=O)O. The van der Waals surface area contributed by atoms with Crippen molar-refractivity contribution in [2.24, 2.45) is 0 Å². The molecule has 66 valence electrons. The van der Waals surface area contributed by atoms with Crippen molar-refractivity contribution in [3.05, 3.63) is 0 Å². The van der Waals surface area contributed by atoms with E-state index < -0.39 is 5.97 Å². The topological polar surface area (TPSA) is 37.3 Å². The van der Waals surface area contributed by atoms with Crippen LogP contribution in [0.15, 0.2) is 0 Å².